The van der Waals surface area contributed by atoms with Gasteiger partial charge in [-0.15, -0.1) is 0 Å². The summed E-state index contributed by atoms with van der Waals surface area (Å²) in [5, 5.41) is 2.95. The lowest BCUT2D eigenvalue weighted by Gasteiger charge is -2.23. The van der Waals surface area contributed by atoms with Crippen molar-refractivity contribution in [3.8, 4) is 0 Å². The van der Waals surface area contributed by atoms with Gasteiger partial charge in [-0.3, -0.25) is 15.6 Å². The van der Waals surface area contributed by atoms with Gasteiger partial charge in [-0.25, -0.2) is 0 Å². The Labute approximate surface area is 124 Å². The summed E-state index contributed by atoms with van der Waals surface area (Å²) in [5.41, 5.74) is 5.25. The van der Waals surface area contributed by atoms with E-state index in [1.54, 1.807) is 12.3 Å². The third kappa shape index (κ3) is 3.38. The smallest absolute Gasteiger partial charge is 0.257 e. The molecule has 0 spiro atoms. The van der Waals surface area contributed by atoms with Crippen molar-refractivity contribution < 1.29 is 4.79 Å². The van der Waals surface area contributed by atoms with Crippen molar-refractivity contribution in [2.45, 2.75) is 26.2 Å². The molecule has 1 heterocycles. The predicted molar refractivity (Wildman–Crippen MR) is 85.1 cm³/mol. The van der Waals surface area contributed by atoms with Crippen LogP contribution in [0.25, 0.3) is 0 Å². The number of carbonyl (C=O) groups excluding carboxylic acids is 1. The number of hydrazine groups is 1. The maximum absolute atomic E-state index is 12.4. The average Bonchev–Trinajstić information content (AvgIpc) is 2.46. The van der Waals surface area contributed by atoms with Crippen LogP contribution in [0.3, 0.4) is 0 Å². The van der Waals surface area contributed by atoms with E-state index in [2.05, 4.69) is 36.5 Å². The molecule has 1 amide bonds. The zero-order valence-electron chi connectivity index (χ0n) is 12.5. The van der Waals surface area contributed by atoms with Crippen LogP contribution < -0.4 is 16.6 Å². The number of rotatable bonds is 3. The number of hydrogen-bond donors (Lipinski definition) is 3. The molecule has 1 aromatic heterocycles. The quantitative estimate of drug-likeness (QED) is 0.598. The highest BCUT2D eigenvalue weighted by molar-refractivity contribution is 6.08. The maximum atomic E-state index is 12.4. The molecule has 21 heavy (non-hydrogen) atoms. The minimum Gasteiger partial charge on any atom is -0.322 e. The fourth-order valence-corrected chi connectivity index (χ4v) is 2.14. The summed E-state index contributed by atoms with van der Waals surface area (Å²) >= 11 is 0. The molecule has 0 unspecified atom stereocenters. The zero-order valence-corrected chi connectivity index (χ0v) is 12.5. The van der Waals surface area contributed by atoms with Crippen LogP contribution in [0, 0.1) is 0 Å². The number of benzene rings is 1. The number of nitrogens with two attached hydrogens (primary N) is 1. The van der Waals surface area contributed by atoms with Crippen LogP contribution >= 0.6 is 0 Å². The number of amides is 1. The molecule has 0 aliphatic rings. The summed E-state index contributed by atoms with van der Waals surface area (Å²) in [6, 6.07) is 9.42. The Morgan fingerprint density at radius 2 is 1.86 bits per heavy atom. The topological polar surface area (TPSA) is 80.0 Å². The number of anilines is 2. The molecule has 110 valence electrons. The molecule has 4 N–H and O–H groups in total. The van der Waals surface area contributed by atoms with Crippen molar-refractivity contribution in [1.82, 2.24) is 4.98 Å². The number of nitrogens with one attached hydrogen (secondary N) is 2. The van der Waals surface area contributed by atoms with Gasteiger partial charge in [-0.2, -0.15) is 0 Å². The van der Waals surface area contributed by atoms with E-state index in [-0.39, 0.29) is 11.3 Å². The van der Waals surface area contributed by atoms with E-state index < -0.39 is 0 Å². The van der Waals surface area contributed by atoms with Gasteiger partial charge < -0.3 is 10.7 Å². The number of nitrogen functional groups attached to an aromatic ring is 1. The molecule has 0 radical (unpaired) electrons. The predicted octanol–water partition coefficient (Wildman–Crippen LogP) is 2.92. The molecule has 0 saturated heterocycles. The third-order valence-corrected chi connectivity index (χ3v) is 3.20. The van der Waals surface area contributed by atoms with E-state index >= 15 is 0 Å². The average molecular weight is 284 g/mol. The van der Waals surface area contributed by atoms with Gasteiger partial charge in [0.25, 0.3) is 5.91 Å². The van der Waals surface area contributed by atoms with E-state index in [1.807, 2.05) is 24.3 Å². The number of carbonyl (C=O) groups is 1. The fraction of sp³-hybridized carbons (Fsp3) is 0.250. The SMILES string of the molecule is CC(C)(C)c1ccccc1NC(=O)c1ccncc1NN. The Kier molecular flexibility index (Phi) is 4.23. The summed E-state index contributed by atoms with van der Waals surface area (Å²) in [6.07, 6.45) is 3.08. The lowest BCUT2D eigenvalue weighted by Crippen LogP contribution is -2.20. The molecule has 0 fully saturated rings. The van der Waals surface area contributed by atoms with Crippen LogP contribution in [-0.2, 0) is 5.41 Å². The first-order valence-electron chi connectivity index (χ1n) is 6.75. The molecule has 0 aliphatic heterocycles. The standard InChI is InChI=1S/C16H20N4O/c1-16(2,3)12-6-4-5-7-13(12)19-15(21)11-8-9-18-10-14(11)20-17/h4-10,20H,17H2,1-3H3,(H,19,21). The Hall–Kier alpha value is -2.40. The highest BCUT2D eigenvalue weighted by Gasteiger charge is 2.19. The first-order valence-corrected chi connectivity index (χ1v) is 6.75. The zero-order chi connectivity index (χ0) is 15.5. The summed E-state index contributed by atoms with van der Waals surface area (Å²) in [6.45, 7) is 6.33. The molecule has 0 atom stereocenters. The highest BCUT2D eigenvalue weighted by atomic mass is 16.1. The Balaban J connectivity index is 2.33. The molecular formula is C16H20N4O. The second-order valence-corrected chi connectivity index (χ2v) is 5.82. The molecule has 2 aromatic rings. The van der Waals surface area contributed by atoms with Crippen molar-refractivity contribution in [2.75, 3.05) is 10.7 Å². The highest BCUT2D eigenvalue weighted by Crippen LogP contribution is 2.29. The van der Waals surface area contributed by atoms with E-state index in [4.69, 9.17) is 5.84 Å². The van der Waals surface area contributed by atoms with Crippen LogP contribution in [0.4, 0.5) is 11.4 Å². The molecular weight excluding hydrogens is 264 g/mol. The van der Waals surface area contributed by atoms with Gasteiger partial charge in [0.1, 0.15) is 0 Å². The molecule has 0 saturated carbocycles. The lowest BCUT2D eigenvalue weighted by molar-refractivity contribution is 0.102. The van der Waals surface area contributed by atoms with Gasteiger partial charge in [0, 0.05) is 11.9 Å². The summed E-state index contributed by atoms with van der Waals surface area (Å²) in [7, 11) is 0. The van der Waals surface area contributed by atoms with Crippen molar-refractivity contribution in [3.05, 3.63) is 53.9 Å². The second kappa shape index (κ2) is 5.93. The van der Waals surface area contributed by atoms with E-state index in [1.165, 1.54) is 6.20 Å². The van der Waals surface area contributed by atoms with Crippen molar-refractivity contribution in [2.24, 2.45) is 5.84 Å². The Morgan fingerprint density at radius 1 is 1.14 bits per heavy atom. The second-order valence-electron chi connectivity index (χ2n) is 5.82. The first kappa shape index (κ1) is 15.0. The fourth-order valence-electron chi connectivity index (χ4n) is 2.14. The van der Waals surface area contributed by atoms with Crippen LogP contribution in [0.15, 0.2) is 42.7 Å². The molecule has 5 nitrogen and oxygen atoms in total. The molecule has 1 aromatic carbocycles. The number of nitrogens with zero attached hydrogens (tertiary/aromatic N) is 1. The van der Waals surface area contributed by atoms with E-state index in [0.29, 0.717) is 11.3 Å². The van der Waals surface area contributed by atoms with E-state index in [9.17, 15) is 4.79 Å². The summed E-state index contributed by atoms with van der Waals surface area (Å²) in [4.78, 5) is 16.4. The van der Waals surface area contributed by atoms with Gasteiger partial charge >= 0.3 is 0 Å². The van der Waals surface area contributed by atoms with Crippen LogP contribution in [0.2, 0.25) is 0 Å². The number of pyridine rings is 1. The van der Waals surface area contributed by atoms with Crippen molar-refractivity contribution in [1.29, 1.82) is 0 Å². The van der Waals surface area contributed by atoms with Crippen LogP contribution in [-0.4, -0.2) is 10.9 Å². The van der Waals surface area contributed by atoms with Gasteiger partial charge in [0.15, 0.2) is 0 Å². The van der Waals surface area contributed by atoms with E-state index in [0.717, 1.165) is 11.3 Å². The minimum absolute atomic E-state index is 0.0585. The monoisotopic (exact) mass is 284 g/mol. The molecule has 2 rings (SSSR count). The minimum atomic E-state index is -0.220. The van der Waals surface area contributed by atoms with Crippen molar-refractivity contribution >= 4 is 17.3 Å². The molecule has 0 aliphatic carbocycles. The largest absolute Gasteiger partial charge is 0.322 e. The van der Waals surface area contributed by atoms with Gasteiger partial charge in [0.05, 0.1) is 17.4 Å². The number of aromatic nitrogens is 1. The molecule has 0 bridgehead atoms. The van der Waals surface area contributed by atoms with Crippen molar-refractivity contribution in [3.63, 3.8) is 0 Å². The summed E-state index contributed by atoms with van der Waals surface area (Å²) in [5.74, 6) is 5.19. The Bertz CT molecular complexity index is 647. The molecule has 5 heteroatoms. The normalized spacial score (nSPS) is 11.0. The number of hydrogen-bond acceptors (Lipinski definition) is 4. The maximum Gasteiger partial charge on any atom is 0.257 e. The third-order valence-electron chi connectivity index (χ3n) is 3.20. The van der Waals surface area contributed by atoms with Gasteiger partial charge in [-0.05, 0) is 23.1 Å². The first-order chi connectivity index (χ1) is 9.93. The summed E-state index contributed by atoms with van der Waals surface area (Å²) < 4.78 is 0. The lowest BCUT2D eigenvalue weighted by atomic mass is 9.86. The van der Waals surface area contributed by atoms with Crippen LogP contribution in [0.1, 0.15) is 36.7 Å². The van der Waals surface area contributed by atoms with Gasteiger partial charge in [0.2, 0.25) is 0 Å². The Morgan fingerprint density at radius 3 is 2.52 bits per heavy atom. The number of para-hydroxylation sites is 1. The van der Waals surface area contributed by atoms with Crippen LogP contribution in [0.5, 0.6) is 0 Å². The van der Waals surface area contributed by atoms with Gasteiger partial charge in [-0.1, -0.05) is 39.0 Å².